The van der Waals surface area contributed by atoms with Crippen molar-refractivity contribution >= 4 is 0 Å². The number of hydrogen-bond acceptors (Lipinski definition) is 3. The summed E-state index contributed by atoms with van der Waals surface area (Å²) in [7, 11) is 1.61. The van der Waals surface area contributed by atoms with E-state index in [1.807, 2.05) is 60.7 Å². The van der Waals surface area contributed by atoms with Gasteiger partial charge in [0.1, 0.15) is 17.4 Å². The first-order chi connectivity index (χ1) is 11.7. The molecule has 0 aliphatic heterocycles. The van der Waals surface area contributed by atoms with Crippen molar-refractivity contribution in [2.75, 3.05) is 7.11 Å². The number of nitriles is 1. The molecular formula is C20H16N2O2. The summed E-state index contributed by atoms with van der Waals surface area (Å²) in [6.45, 7) is 0.409. The highest BCUT2D eigenvalue weighted by molar-refractivity contribution is 5.69. The molecule has 2 aromatic carbocycles. The van der Waals surface area contributed by atoms with Crippen molar-refractivity contribution in [3.05, 3.63) is 88.3 Å². The third-order valence-corrected chi connectivity index (χ3v) is 3.87. The van der Waals surface area contributed by atoms with Crippen LogP contribution < -0.4 is 10.3 Å². The van der Waals surface area contributed by atoms with Gasteiger partial charge in [0, 0.05) is 11.8 Å². The van der Waals surface area contributed by atoms with E-state index in [-0.39, 0.29) is 11.1 Å². The summed E-state index contributed by atoms with van der Waals surface area (Å²) in [5.41, 5.74) is 2.37. The average molecular weight is 316 g/mol. The molecule has 0 unspecified atom stereocenters. The van der Waals surface area contributed by atoms with Gasteiger partial charge < -0.3 is 9.30 Å². The van der Waals surface area contributed by atoms with Crippen molar-refractivity contribution in [2.45, 2.75) is 6.54 Å². The van der Waals surface area contributed by atoms with Gasteiger partial charge in [-0.05, 0) is 29.3 Å². The van der Waals surface area contributed by atoms with Gasteiger partial charge in [0.05, 0.1) is 13.7 Å². The lowest BCUT2D eigenvalue weighted by atomic mass is 10.0. The molecule has 118 valence electrons. The Hall–Kier alpha value is -3.32. The largest absolute Gasteiger partial charge is 0.497 e. The summed E-state index contributed by atoms with van der Waals surface area (Å²) in [6.07, 6.45) is 1.73. The second-order valence-corrected chi connectivity index (χ2v) is 5.36. The molecule has 3 aromatic rings. The maximum absolute atomic E-state index is 12.6. The summed E-state index contributed by atoms with van der Waals surface area (Å²) in [6, 6.07) is 20.8. The molecular weight excluding hydrogens is 300 g/mol. The van der Waals surface area contributed by atoms with Crippen LogP contribution in [0.1, 0.15) is 11.1 Å². The minimum Gasteiger partial charge on any atom is -0.497 e. The molecule has 0 fully saturated rings. The third-order valence-electron chi connectivity index (χ3n) is 3.87. The Kier molecular flexibility index (Phi) is 4.44. The fraction of sp³-hybridized carbons (Fsp3) is 0.100. The molecule has 1 aromatic heterocycles. The molecule has 0 bridgehead atoms. The van der Waals surface area contributed by atoms with E-state index in [4.69, 9.17) is 4.74 Å². The van der Waals surface area contributed by atoms with Crippen LogP contribution in [0.3, 0.4) is 0 Å². The van der Waals surface area contributed by atoms with Crippen LogP contribution in [0.2, 0.25) is 0 Å². The highest BCUT2D eigenvalue weighted by atomic mass is 16.5. The molecule has 0 atom stereocenters. The Morgan fingerprint density at radius 2 is 1.75 bits per heavy atom. The lowest BCUT2D eigenvalue weighted by Gasteiger charge is -2.10. The van der Waals surface area contributed by atoms with Gasteiger partial charge in [-0.2, -0.15) is 5.26 Å². The summed E-state index contributed by atoms with van der Waals surface area (Å²) < 4.78 is 6.68. The van der Waals surface area contributed by atoms with Crippen LogP contribution >= 0.6 is 0 Å². The van der Waals surface area contributed by atoms with Gasteiger partial charge in [-0.1, -0.05) is 42.5 Å². The van der Waals surface area contributed by atoms with Crippen molar-refractivity contribution in [2.24, 2.45) is 0 Å². The van der Waals surface area contributed by atoms with E-state index in [1.165, 1.54) is 0 Å². The first kappa shape index (κ1) is 15.6. The SMILES string of the molecule is COc1ccc(Cn2ccc(-c3ccccc3)c(C#N)c2=O)cc1. The monoisotopic (exact) mass is 316 g/mol. The Bertz CT molecular complexity index is 936. The van der Waals surface area contributed by atoms with Crippen LogP contribution in [0, 0.1) is 11.3 Å². The molecule has 0 N–H and O–H groups in total. The molecule has 1 heterocycles. The Morgan fingerprint density at radius 1 is 1.04 bits per heavy atom. The molecule has 0 spiro atoms. The zero-order chi connectivity index (χ0) is 16.9. The molecule has 0 saturated carbocycles. The van der Waals surface area contributed by atoms with Crippen molar-refractivity contribution in [3.63, 3.8) is 0 Å². The molecule has 0 saturated heterocycles. The fourth-order valence-electron chi connectivity index (χ4n) is 2.59. The first-order valence-electron chi connectivity index (χ1n) is 7.55. The minimum atomic E-state index is -0.283. The van der Waals surface area contributed by atoms with Crippen LogP contribution in [0.5, 0.6) is 5.75 Å². The summed E-state index contributed by atoms with van der Waals surface area (Å²) in [5, 5.41) is 9.44. The van der Waals surface area contributed by atoms with Crippen LogP contribution in [-0.4, -0.2) is 11.7 Å². The van der Waals surface area contributed by atoms with Gasteiger partial charge in [0.25, 0.3) is 5.56 Å². The summed E-state index contributed by atoms with van der Waals surface area (Å²) >= 11 is 0. The van der Waals surface area contributed by atoms with Crippen LogP contribution in [0.25, 0.3) is 11.1 Å². The number of benzene rings is 2. The topological polar surface area (TPSA) is 55.0 Å². The Labute approximate surface area is 140 Å². The lowest BCUT2D eigenvalue weighted by Crippen LogP contribution is -2.23. The van der Waals surface area contributed by atoms with E-state index >= 15 is 0 Å². The van der Waals surface area contributed by atoms with Gasteiger partial charge in [-0.15, -0.1) is 0 Å². The van der Waals surface area contributed by atoms with Gasteiger partial charge in [0.2, 0.25) is 0 Å². The number of methoxy groups -OCH3 is 1. The van der Waals surface area contributed by atoms with Gasteiger partial charge in [-0.3, -0.25) is 4.79 Å². The van der Waals surface area contributed by atoms with E-state index in [2.05, 4.69) is 6.07 Å². The Morgan fingerprint density at radius 3 is 2.38 bits per heavy atom. The molecule has 3 rings (SSSR count). The normalized spacial score (nSPS) is 10.2. The zero-order valence-electron chi connectivity index (χ0n) is 13.3. The number of ether oxygens (including phenoxy) is 1. The van der Waals surface area contributed by atoms with Crippen molar-refractivity contribution in [3.8, 4) is 22.9 Å². The van der Waals surface area contributed by atoms with Crippen LogP contribution in [-0.2, 0) is 6.54 Å². The van der Waals surface area contributed by atoms with Gasteiger partial charge in [0.15, 0.2) is 0 Å². The standard InChI is InChI=1S/C20H16N2O2/c1-24-17-9-7-15(8-10-17)14-22-12-11-18(19(13-21)20(22)23)16-5-3-2-4-6-16/h2-12H,14H2,1H3. The molecule has 0 aliphatic rings. The second-order valence-electron chi connectivity index (χ2n) is 5.36. The van der Waals surface area contributed by atoms with Crippen molar-refractivity contribution < 1.29 is 4.74 Å². The Balaban J connectivity index is 1.99. The zero-order valence-corrected chi connectivity index (χ0v) is 13.3. The predicted octanol–water partition coefficient (Wildman–Crippen LogP) is 3.44. The first-order valence-corrected chi connectivity index (χ1v) is 7.55. The number of rotatable bonds is 4. The van der Waals surface area contributed by atoms with E-state index in [1.54, 1.807) is 17.9 Å². The smallest absolute Gasteiger partial charge is 0.269 e. The number of pyridine rings is 1. The number of aromatic nitrogens is 1. The van der Waals surface area contributed by atoms with Crippen molar-refractivity contribution in [1.82, 2.24) is 4.57 Å². The number of nitrogens with zero attached hydrogens (tertiary/aromatic N) is 2. The summed E-state index contributed by atoms with van der Waals surface area (Å²) in [4.78, 5) is 12.6. The van der Waals surface area contributed by atoms with Gasteiger partial charge >= 0.3 is 0 Å². The van der Waals surface area contributed by atoms with Gasteiger partial charge in [-0.25, -0.2) is 0 Å². The molecule has 0 radical (unpaired) electrons. The highest BCUT2D eigenvalue weighted by Gasteiger charge is 2.11. The molecule has 0 amide bonds. The number of hydrogen-bond donors (Lipinski definition) is 0. The quantitative estimate of drug-likeness (QED) is 0.741. The van der Waals surface area contributed by atoms with Crippen LogP contribution in [0.15, 0.2) is 71.7 Å². The average Bonchev–Trinajstić information content (AvgIpc) is 2.64. The third kappa shape index (κ3) is 3.06. The van der Waals surface area contributed by atoms with E-state index in [0.29, 0.717) is 12.1 Å². The molecule has 24 heavy (non-hydrogen) atoms. The van der Waals surface area contributed by atoms with E-state index < -0.39 is 0 Å². The van der Waals surface area contributed by atoms with Crippen molar-refractivity contribution in [1.29, 1.82) is 5.26 Å². The van der Waals surface area contributed by atoms with E-state index in [0.717, 1.165) is 16.9 Å². The highest BCUT2D eigenvalue weighted by Crippen LogP contribution is 2.21. The fourth-order valence-corrected chi connectivity index (χ4v) is 2.59. The summed E-state index contributed by atoms with van der Waals surface area (Å²) in [5.74, 6) is 0.767. The maximum atomic E-state index is 12.6. The molecule has 4 nitrogen and oxygen atoms in total. The second kappa shape index (κ2) is 6.84. The maximum Gasteiger partial charge on any atom is 0.269 e. The predicted molar refractivity (Wildman–Crippen MR) is 92.9 cm³/mol. The van der Waals surface area contributed by atoms with E-state index in [9.17, 15) is 10.1 Å². The van der Waals surface area contributed by atoms with Crippen LogP contribution in [0.4, 0.5) is 0 Å². The molecule has 4 heteroatoms. The lowest BCUT2D eigenvalue weighted by molar-refractivity contribution is 0.414. The minimum absolute atomic E-state index is 0.164. The molecule has 0 aliphatic carbocycles.